The molecule has 7 nitrogen and oxygen atoms in total. The number of H-pyrrole nitrogens is 1. The molecular weight excluding hydrogens is 482 g/mol. The Labute approximate surface area is 215 Å². The van der Waals surface area contributed by atoms with E-state index in [-0.39, 0.29) is 17.0 Å². The van der Waals surface area contributed by atoms with Crippen LogP contribution in [-0.4, -0.2) is 25.8 Å². The van der Waals surface area contributed by atoms with Gasteiger partial charge in [0.05, 0.1) is 26.5 Å². The van der Waals surface area contributed by atoms with E-state index in [4.69, 9.17) is 4.98 Å². The fourth-order valence-electron chi connectivity index (χ4n) is 4.29. The summed E-state index contributed by atoms with van der Waals surface area (Å²) < 4.78 is 0. The van der Waals surface area contributed by atoms with E-state index in [0.717, 1.165) is 37.5 Å². The van der Waals surface area contributed by atoms with Gasteiger partial charge in [-0.3, -0.25) is 14.6 Å². The van der Waals surface area contributed by atoms with Crippen LogP contribution in [0.15, 0.2) is 90.0 Å². The number of fused-ring (bicyclic) bond motifs is 2. The van der Waals surface area contributed by atoms with Gasteiger partial charge in [0.1, 0.15) is 11.3 Å². The van der Waals surface area contributed by atoms with Crippen LogP contribution in [0.5, 0.6) is 0 Å². The lowest BCUT2D eigenvalue weighted by Gasteiger charge is -2.12. The maximum absolute atomic E-state index is 13.2. The third-order valence-corrected chi connectivity index (χ3v) is 7.05. The standard InChI is InChI=1S/C29H21N5O2S/c1-17-31-16-26(37-17)27-21(19-9-10-23-20(12-19)8-5-11-30-23)13-22-25(35)14-24(33-28(22)34-27)29(36)32-15-18-6-3-2-4-7-18/h2-14,16H,15H2,1H3,(H,32,36)(H,33,34,35). The van der Waals surface area contributed by atoms with Crippen LogP contribution in [0.3, 0.4) is 0 Å². The van der Waals surface area contributed by atoms with Crippen LogP contribution in [-0.2, 0) is 6.54 Å². The number of pyridine rings is 3. The molecule has 0 aliphatic heterocycles. The van der Waals surface area contributed by atoms with Crippen molar-refractivity contribution in [3.8, 4) is 21.7 Å². The zero-order chi connectivity index (χ0) is 25.4. The average Bonchev–Trinajstić information content (AvgIpc) is 3.37. The van der Waals surface area contributed by atoms with Crippen molar-refractivity contribution in [1.29, 1.82) is 0 Å². The first-order valence-corrected chi connectivity index (χ1v) is 12.5. The average molecular weight is 504 g/mol. The number of nitrogens with one attached hydrogen (secondary N) is 2. The minimum atomic E-state index is -0.369. The number of rotatable bonds is 5. The van der Waals surface area contributed by atoms with Gasteiger partial charge in [0.2, 0.25) is 0 Å². The number of nitrogens with zero attached hydrogens (tertiary/aromatic N) is 3. The molecule has 1 amide bonds. The van der Waals surface area contributed by atoms with Crippen molar-refractivity contribution in [3.63, 3.8) is 0 Å². The molecule has 4 aromatic heterocycles. The number of aryl methyl sites for hydroxylation is 1. The summed E-state index contributed by atoms with van der Waals surface area (Å²) in [6.07, 6.45) is 3.55. The number of aromatic nitrogens is 4. The van der Waals surface area contributed by atoms with Crippen molar-refractivity contribution in [2.75, 3.05) is 0 Å². The Morgan fingerprint density at radius 2 is 1.86 bits per heavy atom. The molecule has 0 fully saturated rings. The molecule has 0 spiro atoms. The number of hydrogen-bond acceptors (Lipinski definition) is 6. The largest absolute Gasteiger partial charge is 0.347 e. The van der Waals surface area contributed by atoms with Gasteiger partial charge in [-0.25, -0.2) is 9.97 Å². The topological polar surface area (TPSA) is 101 Å². The minimum Gasteiger partial charge on any atom is -0.347 e. The highest BCUT2D eigenvalue weighted by Gasteiger charge is 2.18. The molecule has 6 aromatic rings. The third kappa shape index (κ3) is 4.50. The first-order chi connectivity index (χ1) is 18.0. The molecule has 2 N–H and O–H groups in total. The SMILES string of the molecule is Cc1ncc(-c2nc3[nH]c(C(=O)NCc4ccccc4)cc(=O)c3cc2-c2ccc3ncccc3c2)s1. The van der Waals surface area contributed by atoms with Crippen molar-refractivity contribution in [2.45, 2.75) is 13.5 Å². The van der Waals surface area contributed by atoms with Gasteiger partial charge in [-0.05, 0) is 42.3 Å². The van der Waals surface area contributed by atoms with Gasteiger partial charge in [0.15, 0.2) is 5.43 Å². The van der Waals surface area contributed by atoms with E-state index < -0.39 is 0 Å². The molecular formula is C29H21N5O2S. The lowest BCUT2D eigenvalue weighted by atomic mass is 9.99. The highest BCUT2D eigenvalue weighted by molar-refractivity contribution is 7.15. The summed E-state index contributed by atoms with van der Waals surface area (Å²) >= 11 is 1.53. The van der Waals surface area contributed by atoms with Gasteiger partial charge in [-0.15, -0.1) is 11.3 Å². The molecule has 0 radical (unpaired) electrons. The Morgan fingerprint density at radius 3 is 2.68 bits per heavy atom. The Bertz CT molecular complexity index is 1840. The number of hydrogen-bond donors (Lipinski definition) is 2. The van der Waals surface area contributed by atoms with Crippen LogP contribution in [0.25, 0.3) is 43.6 Å². The predicted octanol–water partition coefficient (Wildman–Crippen LogP) is 5.50. The van der Waals surface area contributed by atoms with E-state index in [1.165, 1.54) is 17.4 Å². The van der Waals surface area contributed by atoms with E-state index >= 15 is 0 Å². The van der Waals surface area contributed by atoms with Crippen molar-refractivity contribution in [1.82, 2.24) is 25.3 Å². The normalized spacial score (nSPS) is 11.2. The van der Waals surface area contributed by atoms with E-state index in [2.05, 4.69) is 20.3 Å². The van der Waals surface area contributed by atoms with Crippen molar-refractivity contribution in [2.24, 2.45) is 0 Å². The Morgan fingerprint density at radius 1 is 1.00 bits per heavy atom. The summed E-state index contributed by atoms with van der Waals surface area (Å²) in [5.41, 5.74) is 4.52. The summed E-state index contributed by atoms with van der Waals surface area (Å²) in [5, 5.41) is 5.17. The molecule has 8 heteroatoms. The smallest absolute Gasteiger partial charge is 0.268 e. The summed E-state index contributed by atoms with van der Waals surface area (Å²) in [7, 11) is 0. The zero-order valence-corrected chi connectivity index (χ0v) is 20.7. The summed E-state index contributed by atoms with van der Waals surface area (Å²) in [6.45, 7) is 2.29. The quantitative estimate of drug-likeness (QED) is 0.324. The van der Waals surface area contributed by atoms with Crippen LogP contribution in [0.4, 0.5) is 0 Å². The second-order valence-electron chi connectivity index (χ2n) is 8.65. The molecule has 0 saturated carbocycles. The monoisotopic (exact) mass is 503 g/mol. The second kappa shape index (κ2) is 9.40. The van der Waals surface area contributed by atoms with Crippen LogP contribution in [0.2, 0.25) is 0 Å². The predicted molar refractivity (Wildman–Crippen MR) is 147 cm³/mol. The number of benzene rings is 2. The molecule has 180 valence electrons. The number of carbonyl (C=O) groups is 1. The molecule has 0 atom stereocenters. The van der Waals surface area contributed by atoms with Gasteiger partial charge < -0.3 is 10.3 Å². The van der Waals surface area contributed by atoms with E-state index in [1.807, 2.05) is 73.7 Å². The molecule has 0 bridgehead atoms. The van der Waals surface area contributed by atoms with Gasteiger partial charge in [0.25, 0.3) is 5.91 Å². The Kier molecular flexibility index (Phi) is 5.78. The second-order valence-corrected chi connectivity index (χ2v) is 9.89. The highest BCUT2D eigenvalue weighted by Crippen LogP contribution is 2.36. The molecule has 6 rings (SSSR count). The Balaban J connectivity index is 1.46. The zero-order valence-electron chi connectivity index (χ0n) is 19.9. The number of aromatic amines is 1. The molecule has 0 saturated heterocycles. The first-order valence-electron chi connectivity index (χ1n) is 11.7. The molecule has 0 unspecified atom stereocenters. The molecule has 37 heavy (non-hydrogen) atoms. The lowest BCUT2D eigenvalue weighted by molar-refractivity contribution is 0.0946. The van der Waals surface area contributed by atoms with Gasteiger partial charge >= 0.3 is 0 Å². The highest BCUT2D eigenvalue weighted by atomic mass is 32.1. The number of amides is 1. The van der Waals surface area contributed by atoms with Crippen LogP contribution in [0, 0.1) is 6.92 Å². The first kappa shape index (κ1) is 22.8. The van der Waals surface area contributed by atoms with Crippen LogP contribution < -0.4 is 10.7 Å². The van der Waals surface area contributed by atoms with E-state index in [0.29, 0.717) is 23.3 Å². The van der Waals surface area contributed by atoms with Crippen molar-refractivity contribution in [3.05, 3.63) is 112 Å². The summed E-state index contributed by atoms with van der Waals surface area (Å²) in [5.74, 6) is -0.369. The van der Waals surface area contributed by atoms with Crippen molar-refractivity contribution < 1.29 is 4.79 Å². The number of carbonyl (C=O) groups excluding carboxylic acids is 1. The number of thiazole rings is 1. The maximum Gasteiger partial charge on any atom is 0.268 e. The summed E-state index contributed by atoms with van der Waals surface area (Å²) in [6, 6.07) is 22.7. The van der Waals surface area contributed by atoms with E-state index in [9.17, 15) is 9.59 Å². The Hall–Kier alpha value is -4.69. The van der Waals surface area contributed by atoms with Crippen LogP contribution in [0.1, 0.15) is 21.1 Å². The maximum atomic E-state index is 13.2. The lowest BCUT2D eigenvalue weighted by Crippen LogP contribution is -2.25. The van der Waals surface area contributed by atoms with Crippen LogP contribution >= 0.6 is 11.3 Å². The van der Waals surface area contributed by atoms with Crippen molar-refractivity contribution >= 4 is 39.2 Å². The minimum absolute atomic E-state index is 0.164. The van der Waals surface area contributed by atoms with Gasteiger partial charge in [-0.1, -0.05) is 42.5 Å². The van der Waals surface area contributed by atoms with E-state index in [1.54, 1.807) is 12.4 Å². The molecule has 0 aliphatic carbocycles. The molecule has 2 aromatic carbocycles. The van der Waals surface area contributed by atoms with Gasteiger partial charge in [0, 0.05) is 36.0 Å². The third-order valence-electron chi connectivity index (χ3n) is 6.13. The molecule has 4 heterocycles. The van der Waals surface area contributed by atoms with Gasteiger partial charge in [-0.2, -0.15) is 0 Å². The fraction of sp³-hybridized carbons (Fsp3) is 0.0690. The fourth-order valence-corrected chi connectivity index (χ4v) is 5.07. The molecule has 0 aliphatic rings. The summed E-state index contributed by atoms with van der Waals surface area (Å²) in [4.78, 5) is 43.7.